The molecule has 0 radical (unpaired) electrons. The first-order chi connectivity index (χ1) is 23.9. The summed E-state index contributed by atoms with van der Waals surface area (Å²) in [6, 6.07) is 32.0. The van der Waals surface area contributed by atoms with Crippen LogP contribution in [0.15, 0.2) is 114 Å². The van der Waals surface area contributed by atoms with Crippen LogP contribution < -0.4 is 16.0 Å². The van der Waals surface area contributed by atoms with Crippen LogP contribution in [0.2, 0.25) is 0 Å². The molecule has 0 fully saturated rings. The molecule has 3 amide bonds. The number of carbonyl (C=O) groups excluding carboxylic acids is 4. The molecule has 14 heteroatoms. The summed E-state index contributed by atoms with van der Waals surface area (Å²) in [6.45, 7) is -0.385. The van der Waals surface area contributed by atoms with E-state index in [0.717, 1.165) is 11.1 Å². The Morgan fingerprint density at radius 1 is 0.694 bits per heavy atom. The zero-order valence-electron chi connectivity index (χ0n) is 25.9. The van der Waals surface area contributed by atoms with Crippen molar-refractivity contribution in [3.8, 4) is 11.5 Å². The number of alkyl carbamates (subject to hydrolysis) is 1. The van der Waals surface area contributed by atoms with Crippen LogP contribution in [-0.2, 0) is 34.0 Å². The lowest BCUT2D eigenvalue weighted by atomic mass is 10.1. The number of hydrogen-bond acceptors (Lipinski definition) is 10. The third kappa shape index (κ3) is 8.31. The van der Waals surface area contributed by atoms with Gasteiger partial charge in [-0.15, -0.1) is 0 Å². The molecule has 4 aromatic carbocycles. The molecule has 0 unspecified atom stereocenters. The summed E-state index contributed by atoms with van der Waals surface area (Å²) in [5.74, 6) is -0.711. The number of carbonyl (C=O) groups is 4. The molecule has 246 valence electrons. The van der Waals surface area contributed by atoms with Crippen LogP contribution in [0, 0.1) is 0 Å². The molecule has 49 heavy (non-hydrogen) atoms. The number of para-hydroxylation sites is 2. The maximum atomic E-state index is 13.5. The van der Waals surface area contributed by atoms with Gasteiger partial charge in [-0.05, 0) is 57.8 Å². The van der Waals surface area contributed by atoms with Gasteiger partial charge in [0.1, 0.15) is 19.8 Å². The van der Waals surface area contributed by atoms with E-state index in [0.29, 0.717) is 22.3 Å². The van der Waals surface area contributed by atoms with E-state index < -0.39 is 24.6 Å². The fourth-order valence-electron chi connectivity index (χ4n) is 4.79. The predicted molar refractivity (Wildman–Crippen MR) is 177 cm³/mol. The number of amides is 3. The Hall–Kier alpha value is -6.83. The minimum Gasteiger partial charge on any atom is -0.445 e. The number of Topliss-reactive ketones (excluding diaryl/α,β-unsaturated/α-hetero) is 1. The fourth-order valence-corrected chi connectivity index (χ4v) is 4.79. The number of aromatic nitrogens is 4. The number of imidazole rings is 1. The third-order valence-corrected chi connectivity index (χ3v) is 7.19. The van der Waals surface area contributed by atoms with Gasteiger partial charge in [0, 0.05) is 11.3 Å². The average Bonchev–Trinajstić information content (AvgIpc) is 3.74. The normalized spacial score (nSPS) is 10.7. The zero-order valence-corrected chi connectivity index (χ0v) is 25.9. The third-order valence-electron chi connectivity index (χ3n) is 7.19. The van der Waals surface area contributed by atoms with Crippen molar-refractivity contribution in [1.29, 1.82) is 0 Å². The molecular formula is C35H29N7O7. The number of hydrogen-bond donors (Lipinski definition) is 3. The van der Waals surface area contributed by atoms with Crippen LogP contribution in [0.5, 0.6) is 0 Å². The fraction of sp³-hybridized carbons (Fsp3) is 0.114. The summed E-state index contributed by atoms with van der Waals surface area (Å²) >= 11 is 0. The monoisotopic (exact) mass is 659 g/mol. The van der Waals surface area contributed by atoms with E-state index in [9.17, 15) is 19.2 Å². The van der Waals surface area contributed by atoms with Crippen LogP contribution in [-0.4, -0.2) is 50.3 Å². The molecule has 2 aromatic heterocycles. The van der Waals surface area contributed by atoms with E-state index in [1.807, 2.05) is 60.7 Å². The number of benzene rings is 4. The lowest BCUT2D eigenvalue weighted by Gasteiger charge is -2.10. The molecule has 0 spiro atoms. The van der Waals surface area contributed by atoms with E-state index in [1.165, 1.54) is 0 Å². The number of nitrogens with zero attached hydrogens (tertiary/aromatic N) is 4. The second-order valence-electron chi connectivity index (χ2n) is 10.6. The zero-order chi connectivity index (χ0) is 34.0. The molecule has 0 atom stereocenters. The first kappa shape index (κ1) is 32.1. The van der Waals surface area contributed by atoms with E-state index in [2.05, 4.69) is 31.2 Å². The summed E-state index contributed by atoms with van der Waals surface area (Å²) < 4.78 is 17.0. The van der Waals surface area contributed by atoms with Gasteiger partial charge >= 0.3 is 12.2 Å². The van der Waals surface area contributed by atoms with E-state index in [4.69, 9.17) is 14.1 Å². The molecule has 6 aromatic rings. The molecular weight excluding hydrogens is 630 g/mol. The Morgan fingerprint density at radius 2 is 1.33 bits per heavy atom. The van der Waals surface area contributed by atoms with Crippen LogP contribution in [0.3, 0.4) is 0 Å². The molecule has 0 aliphatic rings. The van der Waals surface area contributed by atoms with Crippen molar-refractivity contribution >= 4 is 46.4 Å². The molecule has 0 aliphatic heterocycles. The number of rotatable bonds is 12. The molecule has 6 rings (SSSR count). The number of nitrogens with one attached hydrogen (secondary N) is 3. The van der Waals surface area contributed by atoms with Crippen molar-refractivity contribution in [2.45, 2.75) is 19.8 Å². The van der Waals surface area contributed by atoms with Gasteiger partial charge in [-0.1, -0.05) is 72.8 Å². The minimum absolute atomic E-state index is 0.0471. The van der Waals surface area contributed by atoms with Gasteiger partial charge in [-0.25, -0.2) is 19.2 Å². The van der Waals surface area contributed by atoms with Crippen molar-refractivity contribution in [3.63, 3.8) is 0 Å². The topological polar surface area (TPSA) is 180 Å². The van der Waals surface area contributed by atoms with Crippen LogP contribution in [0.4, 0.5) is 21.1 Å². The highest BCUT2D eigenvalue weighted by Crippen LogP contribution is 2.28. The lowest BCUT2D eigenvalue weighted by Crippen LogP contribution is -2.33. The highest BCUT2D eigenvalue weighted by molar-refractivity contribution is 5.99. The van der Waals surface area contributed by atoms with Crippen molar-refractivity contribution in [2.24, 2.45) is 0 Å². The summed E-state index contributed by atoms with van der Waals surface area (Å²) in [6.07, 6.45) is -1.40. The summed E-state index contributed by atoms with van der Waals surface area (Å²) in [4.78, 5) is 55.1. The molecule has 0 bridgehead atoms. The summed E-state index contributed by atoms with van der Waals surface area (Å²) in [5, 5.41) is 15.3. The largest absolute Gasteiger partial charge is 0.445 e. The van der Waals surface area contributed by atoms with Crippen LogP contribution in [0.25, 0.3) is 22.6 Å². The number of anilines is 2. The van der Waals surface area contributed by atoms with Crippen molar-refractivity contribution in [3.05, 3.63) is 126 Å². The first-order valence-electron chi connectivity index (χ1n) is 15.1. The Kier molecular flexibility index (Phi) is 9.95. The second kappa shape index (κ2) is 15.2. The van der Waals surface area contributed by atoms with Gasteiger partial charge in [-0.3, -0.25) is 14.9 Å². The average molecular weight is 660 g/mol. The van der Waals surface area contributed by atoms with Crippen LogP contribution >= 0.6 is 0 Å². The molecule has 0 aliphatic carbocycles. The van der Waals surface area contributed by atoms with Gasteiger partial charge < -0.3 is 24.7 Å². The smallest absolute Gasteiger partial charge is 0.411 e. The van der Waals surface area contributed by atoms with E-state index in [-0.39, 0.29) is 42.9 Å². The Bertz CT molecular complexity index is 2080. The maximum Gasteiger partial charge on any atom is 0.411 e. The quantitative estimate of drug-likeness (QED) is 0.140. The van der Waals surface area contributed by atoms with Crippen LogP contribution in [0.1, 0.15) is 21.5 Å². The van der Waals surface area contributed by atoms with Gasteiger partial charge in [0.2, 0.25) is 11.7 Å². The van der Waals surface area contributed by atoms with Crippen molar-refractivity contribution in [2.75, 3.05) is 17.2 Å². The Labute approximate surface area is 279 Å². The van der Waals surface area contributed by atoms with Crippen molar-refractivity contribution in [1.82, 2.24) is 25.2 Å². The van der Waals surface area contributed by atoms with Gasteiger partial charge in [0.05, 0.1) is 17.6 Å². The summed E-state index contributed by atoms with van der Waals surface area (Å²) in [7, 11) is 0. The maximum absolute atomic E-state index is 13.5. The summed E-state index contributed by atoms with van der Waals surface area (Å²) in [5.41, 5.74) is 3.77. The Balaban J connectivity index is 1.10. The molecule has 0 saturated heterocycles. The Morgan fingerprint density at radius 3 is 2.02 bits per heavy atom. The standard InChI is InChI=1S/C35H29N7O7/c43-29(25-15-17-26(18-16-25)37-35(46)48-22-24-11-5-2-6-12-24)20-42-28-14-8-7-13-27(28)38-33(42)31-32(41-49-40-31)39-30(44)19-36-34(45)47-21-23-9-3-1-4-10-23/h1-18H,19-22H2,(H,36,45)(H,37,46)(H,39,41,44). The predicted octanol–water partition coefficient (Wildman–Crippen LogP) is 5.58. The highest BCUT2D eigenvalue weighted by Gasteiger charge is 2.24. The number of fused-ring (bicyclic) bond motifs is 1. The van der Waals surface area contributed by atoms with E-state index >= 15 is 0 Å². The lowest BCUT2D eigenvalue weighted by molar-refractivity contribution is -0.115. The molecule has 0 saturated carbocycles. The second-order valence-corrected chi connectivity index (χ2v) is 10.6. The van der Waals surface area contributed by atoms with E-state index in [1.54, 1.807) is 53.1 Å². The molecule has 2 heterocycles. The molecule has 14 nitrogen and oxygen atoms in total. The number of ketones is 1. The molecule has 3 N–H and O–H groups in total. The van der Waals surface area contributed by atoms with Crippen molar-refractivity contribution < 1.29 is 33.3 Å². The van der Waals surface area contributed by atoms with Gasteiger partial charge in [-0.2, -0.15) is 0 Å². The first-order valence-corrected chi connectivity index (χ1v) is 15.1. The van der Waals surface area contributed by atoms with Gasteiger partial charge in [0.15, 0.2) is 17.3 Å². The SMILES string of the molecule is O=C(CNC(=O)OCc1ccccc1)Nc1nonc1-c1nc2ccccc2n1CC(=O)c1ccc(NC(=O)OCc2ccccc2)cc1. The highest BCUT2D eigenvalue weighted by atomic mass is 16.6. The minimum atomic E-state index is -0.774. The van der Waals surface area contributed by atoms with Gasteiger partial charge in [0.25, 0.3) is 0 Å². The number of ether oxygens (including phenoxy) is 2.